The third kappa shape index (κ3) is 5.00. The maximum Gasteiger partial charge on any atom is 0.255 e. The molecule has 0 spiro atoms. The molecule has 1 atom stereocenters. The number of pyridine rings is 1. The molecule has 28 heavy (non-hydrogen) atoms. The van der Waals surface area contributed by atoms with Crippen molar-refractivity contribution in [3.63, 3.8) is 0 Å². The zero-order chi connectivity index (χ0) is 17.9. The molecule has 0 aliphatic carbocycles. The van der Waals surface area contributed by atoms with Gasteiger partial charge in [-0.2, -0.15) is 0 Å². The minimum atomic E-state index is 0. The van der Waals surface area contributed by atoms with Gasteiger partial charge < -0.3 is 14.6 Å². The van der Waals surface area contributed by atoms with E-state index >= 15 is 0 Å². The Bertz CT molecular complexity index is 900. The van der Waals surface area contributed by atoms with Crippen molar-refractivity contribution in [1.82, 2.24) is 19.6 Å². The van der Waals surface area contributed by atoms with E-state index in [1.807, 2.05) is 64.2 Å². The van der Waals surface area contributed by atoms with Gasteiger partial charge >= 0.3 is 0 Å². The molecule has 1 unspecified atom stereocenters. The predicted octanol–water partition coefficient (Wildman–Crippen LogP) is 3.90. The van der Waals surface area contributed by atoms with Crippen molar-refractivity contribution in [3.8, 4) is 0 Å². The van der Waals surface area contributed by atoms with Gasteiger partial charge in [0.15, 0.2) is 0 Å². The summed E-state index contributed by atoms with van der Waals surface area (Å²) in [6, 6.07) is 14.2. The Labute approximate surface area is 181 Å². The normalized spacial score (nSPS) is 16.3. The molecule has 1 N–H and O–H groups in total. The molecule has 150 valence electrons. The number of rotatable bonds is 4. The Balaban J connectivity index is 0.00000140. The molecule has 3 heterocycles. The molecule has 1 aliphatic heterocycles. The second kappa shape index (κ2) is 10.2. The van der Waals surface area contributed by atoms with Gasteiger partial charge in [0.1, 0.15) is 5.65 Å². The van der Waals surface area contributed by atoms with E-state index in [-0.39, 0.29) is 30.7 Å². The fourth-order valence-corrected chi connectivity index (χ4v) is 4.19. The number of imidazole rings is 1. The van der Waals surface area contributed by atoms with E-state index < -0.39 is 0 Å². The molecule has 2 aromatic heterocycles. The number of piperazine rings is 1. The molecule has 1 amide bonds. The van der Waals surface area contributed by atoms with Gasteiger partial charge in [-0.3, -0.25) is 4.79 Å². The summed E-state index contributed by atoms with van der Waals surface area (Å²) in [6.07, 6.45) is 4.05. The molecule has 4 rings (SSSR count). The number of aromatic nitrogens is 2. The van der Waals surface area contributed by atoms with Gasteiger partial charge in [0.25, 0.3) is 5.91 Å². The van der Waals surface area contributed by atoms with Crippen molar-refractivity contribution >= 4 is 48.1 Å². The van der Waals surface area contributed by atoms with Crippen LogP contribution in [-0.4, -0.2) is 45.9 Å². The second-order valence-electron chi connectivity index (χ2n) is 6.59. The van der Waals surface area contributed by atoms with Gasteiger partial charge in [0.05, 0.1) is 11.3 Å². The van der Waals surface area contributed by atoms with Crippen molar-refractivity contribution in [1.29, 1.82) is 0 Å². The third-order valence-corrected chi connectivity index (χ3v) is 5.67. The first-order valence-electron chi connectivity index (χ1n) is 8.88. The summed E-state index contributed by atoms with van der Waals surface area (Å²) < 4.78 is 2.02. The SMILES string of the molecule is CC1CN(C(=O)c2ccccc2SCc2cn3ccccc3n2)CCN1.Cl.Cl. The predicted molar refractivity (Wildman–Crippen MR) is 119 cm³/mol. The van der Waals surface area contributed by atoms with E-state index in [4.69, 9.17) is 0 Å². The van der Waals surface area contributed by atoms with Crippen LogP contribution in [0.2, 0.25) is 0 Å². The number of benzene rings is 1. The average molecular weight is 439 g/mol. The number of carbonyl (C=O) groups is 1. The van der Waals surface area contributed by atoms with Crippen LogP contribution in [0, 0.1) is 0 Å². The summed E-state index contributed by atoms with van der Waals surface area (Å²) in [4.78, 5) is 20.6. The van der Waals surface area contributed by atoms with Crippen LogP contribution in [0.25, 0.3) is 5.65 Å². The highest BCUT2D eigenvalue weighted by Gasteiger charge is 2.23. The molecule has 1 saturated heterocycles. The van der Waals surface area contributed by atoms with Gasteiger partial charge in [0, 0.05) is 48.7 Å². The van der Waals surface area contributed by atoms with Crippen LogP contribution < -0.4 is 5.32 Å². The lowest BCUT2D eigenvalue weighted by Gasteiger charge is -2.32. The topological polar surface area (TPSA) is 49.6 Å². The Morgan fingerprint density at radius 3 is 2.79 bits per heavy atom. The van der Waals surface area contributed by atoms with E-state index in [0.29, 0.717) is 6.04 Å². The van der Waals surface area contributed by atoms with Crippen LogP contribution in [-0.2, 0) is 5.75 Å². The number of hydrogen-bond acceptors (Lipinski definition) is 4. The van der Waals surface area contributed by atoms with E-state index in [0.717, 1.165) is 47.2 Å². The lowest BCUT2D eigenvalue weighted by molar-refractivity contribution is 0.0705. The zero-order valence-corrected chi connectivity index (χ0v) is 18.0. The Hall–Kier alpha value is -1.73. The molecule has 1 fully saturated rings. The number of nitrogens with one attached hydrogen (secondary N) is 1. The van der Waals surface area contributed by atoms with Crippen LogP contribution in [0.1, 0.15) is 23.0 Å². The smallest absolute Gasteiger partial charge is 0.255 e. The van der Waals surface area contributed by atoms with Crippen LogP contribution in [0.15, 0.2) is 59.8 Å². The molecule has 0 radical (unpaired) electrons. The fraction of sp³-hybridized carbons (Fsp3) is 0.300. The molecule has 8 heteroatoms. The first kappa shape index (κ1) is 22.6. The lowest BCUT2D eigenvalue weighted by Crippen LogP contribution is -2.51. The van der Waals surface area contributed by atoms with Gasteiger partial charge in [0.2, 0.25) is 0 Å². The van der Waals surface area contributed by atoms with Crippen molar-refractivity contribution in [2.24, 2.45) is 0 Å². The maximum absolute atomic E-state index is 13.0. The van der Waals surface area contributed by atoms with E-state index in [2.05, 4.69) is 17.2 Å². The molecule has 0 bridgehead atoms. The number of carbonyl (C=O) groups excluding carboxylic acids is 1. The number of fused-ring (bicyclic) bond motifs is 1. The summed E-state index contributed by atoms with van der Waals surface area (Å²) >= 11 is 1.67. The van der Waals surface area contributed by atoms with Gasteiger partial charge in [-0.15, -0.1) is 36.6 Å². The summed E-state index contributed by atoms with van der Waals surface area (Å²) in [5.74, 6) is 0.862. The first-order chi connectivity index (χ1) is 12.7. The summed E-state index contributed by atoms with van der Waals surface area (Å²) in [5.41, 5.74) is 2.75. The molecule has 3 aromatic rings. The van der Waals surface area contributed by atoms with Crippen LogP contribution >= 0.6 is 36.6 Å². The zero-order valence-electron chi connectivity index (χ0n) is 15.6. The monoisotopic (exact) mass is 438 g/mol. The van der Waals surface area contributed by atoms with Crippen molar-refractivity contribution in [2.75, 3.05) is 19.6 Å². The molecular weight excluding hydrogens is 415 g/mol. The summed E-state index contributed by atoms with van der Waals surface area (Å²) in [7, 11) is 0. The highest BCUT2D eigenvalue weighted by Crippen LogP contribution is 2.27. The number of halogens is 2. The minimum absolute atomic E-state index is 0. The van der Waals surface area contributed by atoms with E-state index in [9.17, 15) is 4.79 Å². The summed E-state index contributed by atoms with van der Waals surface area (Å²) in [6.45, 7) is 4.48. The van der Waals surface area contributed by atoms with Crippen molar-refractivity contribution in [2.45, 2.75) is 23.6 Å². The number of nitrogens with zero attached hydrogens (tertiary/aromatic N) is 3. The Morgan fingerprint density at radius 2 is 2.00 bits per heavy atom. The highest BCUT2D eigenvalue weighted by molar-refractivity contribution is 7.98. The molecule has 1 aromatic carbocycles. The third-order valence-electron chi connectivity index (χ3n) is 4.56. The van der Waals surface area contributed by atoms with Gasteiger partial charge in [-0.1, -0.05) is 18.2 Å². The molecule has 1 aliphatic rings. The van der Waals surface area contributed by atoms with Gasteiger partial charge in [-0.25, -0.2) is 4.98 Å². The average Bonchev–Trinajstić information content (AvgIpc) is 3.09. The van der Waals surface area contributed by atoms with Crippen molar-refractivity contribution in [3.05, 3.63) is 66.1 Å². The highest BCUT2D eigenvalue weighted by atomic mass is 35.5. The first-order valence-corrected chi connectivity index (χ1v) is 9.86. The van der Waals surface area contributed by atoms with Crippen LogP contribution in [0.4, 0.5) is 0 Å². The Morgan fingerprint density at radius 1 is 1.21 bits per heavy atom. The lowest BCUT2D eigenvalue weighted by atomic mass is 10.1. The maximum atomic E-state index is 13.0. The molecule has 5 nitrogen and oxygen atoms in total. The second-order valence-corrected chi connectivity index (χ2v) is 7.61. The van der Waals surface area contributed by atoms with E-state index in [1.54, 1.807) is 11.8 Å². The number of hydrogen-bond donors (Lipinski definition) is 1. The largest absolute Gasteiger partial charge is 0.336 e. The molecular formula is C20H24Cl2N4OS. The van der Waals surface area contributed by atoms with Gasteiger partial charge in [-0.05, 0) is 31.2 Å². The minimum Gasteiger partial charge on any atom is -0.336 e. The molecule has 0 saturated carbocycles. The summed E-state index contributed by atoms with van der Waals surface area (Å²) in [5, 5.41) is 3.38. The quantitative estimate of drug-likeness (QED) is 0.627. The Kier molecular flexibility index (Phi) is 8.19. The fourth-order valence-electron chi connectivity index (χ4n) is 3.26. The van der Waals surface area contributed by atoms with Crippen molar-refractivity contribution < 1.29 is 4.79 Å². The van der Waals surface area contributed by atoms with Crippen LogP contribution in [0.5, 0.6) is 0 Å². The standard InChI is InChI=1S/C20H22N4OS.2ClH/c1-15-12-24(11-9-21-15)20(25)17-6-2-3-7-18(17)26-14-16-13-23-10-5-4-8-19(23)22-16;;/h2-8,10,13,15,21H,9,11-12,14H2,1H3;2*1H. The number of amides is 1. The van der Waals surface area contributed by atoms with E-state index in [1.165, 1.54) is 0 Å². The number of thioether (sulfide) groups is 1. The van der Waals surface area contributed by atoms with Crippen LogP contribution in [0.3, 0.4) is 0 Å².